The molecule has 0 N–H and O–H groups in total. The Morgan fingerprint density at radius 2 is 2.13 bits per heavy atom. The molecule has 15 heavy (non-hydrogen) atoms. The van der Waals surface area contributed by atoms with Gasteiger partial charge in [-0.05, 0) is 12.0 Å². The topological polar surface area (TPSA) is 43.4 Å². The van der Waals surface area contributed by atoms with Crippen LogP contribution in [0.1, 0.15) is 12.0 Å². The first-order valence-corrected chi connectivity index (χ1v) is 4.84. The summed E-state index contributed by atoms with van der Waals surface area (Å²) in [5, 5.41) is 0. The van der Waals surface area contributed by atoms with Crippen LogP contribution in [0.15, 0.2) is 30.3 Å². The second-order valence-electron chi connectivity index (χ2n) is 3.80. The molecule has 1 fully saturated rings. The predicted octanol–water partition coefficient (Wildman–Crippen LogP) is 1.32. The molecule has 0 bridgehead atoms. The van der Waals surface area contributed by atoms with Crippen molar-refractivity contribution in [3.63, 3.8) is 0 Å². The quantitative estimate of drug-likeness (QED) is 0.551. The summed E-state index contributed by atoms with van der Waals surface area (Å²) >= 11 is 0. The van der Waals surface area contributed by atoms with E-state index in [1.54, 1.807) is 0 Å². The maximum atomic E-state index is 11.3. The summed E-state index contributed by atoms with van der Waals surface area (Å²) in [5.74, 6) is -0.603. The molecule has 3 nitrogen and oxygen atoms in total. The van der Waals surface area contributed by atoms with Gasteiger partial charge in [-0.3, -0.25) is 4.79 Å². The van der Waals surface area contributed by atoms with Crippen molar-refractivity contribution in [2.75, 3.05) is 7.11 Å². The fourth-order valence-electron chi connectivity index (χ4n) is 1.98. The number of esters is 1. The van der Waals surface area contributed by atoms with Crippen LogP contribution in [0.25, 0.3) is 0 Å². The Bertz CT molecular complexity index is 385. The van der Waals surface area contributed by atoms with Crippen LogP contribution in [0.2, 0.25) is 0 Å². The number of hydrogen-bond acceptors (Lipinski definition) is 3. The molecule has 78 valence electrons. The van der Waals surface area contributed by atoms with Gasteiger partial charge in [0.15, 0.2) is 0 Å². The third-order valence-electron chi connectivity index (χ3n) is 3.01. The van der Waals surface area contributed by atoms with Crippen molar-refractivity contribution in [2.24, 2.45) is 5.92 Å². The molecule has 1 aliphatic carbocycles. The molecule has 0 heterocycles. The van der Waals surface area contributed by atoms with Crippen LogP contribution in [0.4, 0.5) is 0 Å². The number of ether oxygens (including phenoxy) is 1. The molecular formula is C12H12O3. The molecular weight excluding hydrogens is 192 g/mol. The van der Waals surface area contributed by atoms with Gasteiger partial charge in [0, 0.05) is 0 Å². The average molecular weight is 204 g/mol. The molecule has 0 spiro atoms. The van der Waals surface area contributed by atoms with E-state index in [9.17, 15) is 9.59 Å². The largest absolute Gasteiger partial charge is 0.469 e. The van der Waals surface area contributed by atoms with Crippen molar-refractivity contribution < 1.29 is 14.3 Å². The average Bonchev–Trinajstić information content (AvgIpc) is 3.05. The summed E-state index contributed by atoms with van der Waals surface area (Å²) in [6.07, 6.45) is 1.43. The third kappa shape index (κ3) is 1.44. The summed E-state index contributed by atoms with van der Waals surface area (Å²) in [6, 6.07) is 9.37. The van der Waals surface area contributed by atoms with E-state index in [1.807, 2.05) is 30.3 Å². The normalized spacial score (nSPS) is 28.2. The lowest BCUT2D eigenvalue weighted by Crippen LogP contribution is -2.17. The first-order valence-electron chi connectivity index (χ1n) is 4.84. The Morgan fingerprint density at radius 3 is 2.67 bits per heavy atom. The molecule has 0 unspecified atom stereocenters. The zero-order valence-electron chi connectivity index (χ0n) is 8.47. The molecule has 0 aliphatic heterocycles. The molecule has 2 rings (SSSR count). The molecule has 0 amide bonds. The zero-order chi connectivity index (χ0) is 10.9. The van der Waals surface area contributed by atoms with E-state index in [1.165, 1.54) is 7.11 Å². The molecule has 2 atom stereocenters. The molecule has 1 aromatic carbocycles. The van der Waals surface area contributed by atoms with E-state index in [-0.39, 0.29) is 11.9 Å². The number of hydrogen-bond donors (Lipinski definition) is 0. The Kier molecular flexibility index (Phi) is 2.31. The lowest BCUT2D eigenvalue weighted by atomic mass is 9.95. The van der Waals surface area contributed by atoms with Gasteiger partial charge in [-0.2, -0.15) is 0 Å². The van der Waals surface area contributed by atoms with Crippen LogP contribution in [-0.2, 0) is 19.7 Å². The van der Waals surface area contributed by atoms with Gasteiger partial charge in [-0.15, -0.1) is 0 Å². The van der Waals surface area contributed by atoms with Crippen molar-refractivity contribution in [3.8, 4) is 0 Å². The summed E-state index contributed by atoms with van der Waals surface area (Å²) in [7, 11) is 1.35. The number of methoxy groups -OCH3 is 1. The van der Waals surface area contributed by atoms with Crippen molar-refractivity contribution >= 4 is 12.3 Å². The highest BCUT2D eigenvalue weighted by Gasteiger charge is 2.60. The molecule has 1 aromatic rings. The monoisotopic (exact) mass is 204 g/mol. The summed E-state index contributed by atoms with van der Waals surface area (Å²) in [5.41, 5.74) is 0.268. The van der Waals surface area contributed by atoms with Gasteiger partial charge in [0.1, 0.15) is 6.29 Å². The first-order chi connectivity index (χ1) is 7.24. The lowest BCUT2D eigenvalue weighted by molar-refractivity contribution is -0.143. The minimum absolute atomic E-state index is 0.300. The van der Waals surface area contributed by atoms with E-state index in [0.717, 1.165) is 11.8 Å². The SMILES string of the molecule is COC(=O)[C@@H]1C[C@]1(C=O)c1ccccc1. The maximum absolute atomic E-state index is 11.3. The van der Waals surface area contributed by atoms with Gasteiger partial charge in [0.2, 0.25) is 0 Å². The summed E-state index contributed by atoms with van der Waals surface area (Å²) in [6.45, 7) is 0. The minimum Gasteiger partial charge on any atom is -0.469 e. The van der Waals surface area contributed by atoms with Crippen molar-refractivity contribution in [1.29, 1.82) is 0 Å². The second-order valence-corrected chi connectivity index (χ2v) is 3.80. The van der Waals surface area contributed by atoms with Gasteiger partial charge < -0.3 is 9.53 Å². The van der Waals surface area contributed by atoms with Crippen LogP contribution in [0.5, 0.6) is 0 Å². The fraction of sp³-hybridized carbons (Fsp3) is 0.333. The zero-order valence-corrected chi connectivity index (χ0v) is 8.47. The van der Waals surface area contributed by atoms with E-state index < -0.39 is 5.41 Å². The van der Waals surface area contributed by atoms with Crippen LogP contribution in [0, 0.1) is 5.92 Å². The third-order valence-corrected chi connectivity index (χ3v) is 3.01. The Labute approximate surface area is 88.1 Å². The van der Waals surface area contributed by atoms with Crippen molar-refractivity contribution in [1.82, 2.24) is 0 Å². The Morgan fingerprint density at radius 1 is 1.47 bits per heavy atom. The summed E-state index contributed by atoms with van der Waals surface area (Å²) < 4.78 is 4.65. The lowest BCUT2D eigenvalue weighted by Gasteiger charge is -2.08. The van der Waals surface area contributed by atoms with E-state index >= 15 is 0 Å². The molecule has 0 radical (unpaired) electrons. The number of rotatable bonds is 3. The van der Waals surface area contributed by atoms with Crippen LogP contribution >= 0.6 is 0 Å². The van der Waals surface area contributed by atoms with Gasteiger partial charge in [-0.25, -0.2) is 0 Å². The van der Waals surface area contributed by atoms with Crippen molar-refractivity contribution in [3.05, 3.63) is 35.9 Å². The number of carbonyl (C=O) groups excluding carboxylic acids is 2. The van der Waals surface area contributed by atoms with Gasteiger partial charge in [-0.1, -0.05) is 30.3 Å². The second kappa shape index (κ2) is 3.50. The highest BCUT2D eigenvalue weighted by Crippen LogP contribution is 2.53. The fourth-order valence-corrected chi connectivity index (χ4v) is 1.98. The molecule has 0 saturated heterocycles. The highest BCUT2D eigenvalue weighted by atomic mass is 16.5. The summed E-state index contributed by atoms with van der Waals surface area (Å²) in [4.78, 5) is 22.5. The standard InChI is InChI=1S/C12H12O3/c1-15-11(14)10-7-12(10,8-13)9-5-3-2-4-6-9/h2-6,8,10H,7H2,1H3/t10-,12-/m0/s1. The Balaban J connectivity index is 2.28. The minimum atomic E-state index is -0.631. The highest BCUT2D eigenvalue weighted by molar-refractivity contribution is 5.89. The van der Waals surface area contributed by atoms with Crippen LogP contribution < -0.4 is 0 Å². The van der Waals surface area contributed by atoms with Crippen molar-refractivity contribution in [2.45, 2.75) is 11.8 Å². The number of aldehydes is 1. The van der Waals surface area contributed by atoms with Gasteiger partial charge in [0.25, 0.3) is 0 Å². The van der Waals surface area contributed by atoms with Gasteiger partial charge in [0.05, 0.1) is 18.4 Å². The van der Waals surface area contributed by atoms with E-state index in [0.29, 0.717) is 6.42 Å². The van der Waals surface area contributed by atoms with Gasteiger partial charge >= 0.3 is 5.97 Å². The van der Waals surface area contributed by atoms with E-state index in [4.69, 9.17) is 0 Å². The van der Waals surface area contributed by atoms with Crippen LogP contribution in [0.3, 0.4) is 0 Å². The van der Waals surface area contributed by atoms with Crippen LogP contribution in [-0.4, -0.2) is 19.4 Å². The van der Waals surface area contributed by atoms with E-state index in [2.05, 4.69) is 4.74 Å². The number of carbonyl (C=O) groups is 2. The molecule has 3 heteroatoms. The number of benzene rings is 1. The maximum Gasteiger partial charge on any atom is 0.310 e. The first kappa shape index (κ1) is 9.90. The molecule has 0 aromatic heterocycles. The smallest absolute Gasteiger partial charge is 0.310 e. The predicted molar refractivity (Wildman–Crippen MR) is 54.3 cm³/mol. The molecule has 1 saturated carbocycles. The Hall–Kier alpha value is -1.64. The molecule has 1 aliphatic rings.